The van der Waals surface area contributed by atoms with Gasteiger partial charge < -0.3 is 10.1 Å². The average molecular weight is 252 g/mol. The van der Waals surface area contributed by atoms with Crippen LogP contribution in [0.5, 0.6) is 0 Å². The Balaban J connectivity index is 1.75. The summed E-state index contributed by atoms with van der Waals surface area (Å²) in [4.78, 5) is 0. The maximum absolute atomic E-state index is 6.11. The molecule has 2 saturated heterocycles. The van der Waals surface area contributed by atoms with E-state index >= 15 is 0 Å². The van der Waals surface area contributed by atoms with Gasteiger partial charge in [-0.15, -0.1) is 0 Å². The van der Waals surface area contributed by atoms with Crippen LogP contribution >= 0.6 is 11.6 Å². The van der Waals surface area contributed by atoms with Crippen LogP contribution in [0, 0.1) is 0 Å². The van der Waals surface area contributed by atoms with E-state index in [0.29, 0.717) is 5.92 Å². The summed E-state index contributed by atoms with van der Waals surface area (Å²) in [6.45, 7) is 3.02. The van der Waals surface area contributed by atoms with E-state index in [-0.39, 0.29) is 5.60 Å². The van der Waals surface area contributed by atoms with Gasteiger partial charge in [-0.05, 0) is 50.0 Å². The molecule has 17 heavy (non-hydrogen) atoms. The molecule has 2 aliphatic heterocycles. The van der Waals surface area contributed by atoms with Crippen molar-refractivity contribution in [3.63, 3.8) is 0 Å². The molecule has 1 spiro atoms. The van der Waals surface area contributed by atoms with Gasteiger partial charge in [0, 0.05) is 10.9 Å². The van der Waals surface area contributed by atoms with Gasteiger partial charge in [-0.3, -0.25) is 0 Å². The summed E-state index contributed by atoms with van der Waals surface area (Å²) >= 11 is 6.05. The third-order valence-corrected chi connectivity index (χ3v) is 4.28. The molecule has 0 amide bonds. The molecule has 0 radical (unpaired) electrons. The fourth-order valence-corrected chi connectivity index (χ4v) is 3.25. The van der Waals surface area contributed by atoms with Gasteiger partial charge in [-0.1, -0.05) is 23.7 Å². The van der Waals surface area contributed by atoms with Gasteiger partial charge in [0.15, 0.2) is 0 Å². The van der Waals surface area contributed by atoms with Crippen LogP contribution in [0.2, 0.25) is 5.02 Å². The lowest BCUT2D eigenvalue weighted by Crippen LogP contribution is -2.41. The van der Waals surface area contributed by atoms with E-state index in [4.69, 9.17) is 16.3 Å². The summed E-state index contributed by atoms with van der Waals surface area (Å²) in [5, 5.41) is 4.23. The van der Waals surface area contributed by atoms with Crippen molar-refractivity contribution in [2.75, 3.05) is 19.7 Å². The van der Waals surface area contributed by atoms with E-state index in [1.165, 1.54) is 5.56 Å². The largest absolute Gasteiger partial charge is 0.374 e. The van der Waals surface area contributed by atoms with Crippen molar-refractivity contribution in [2.24, 2.45) is 0 Å². The van der Waals surface area contributed by atoms with Gasteiger partial charge in [0.1, 0.15) is 0 Å². The van der Waals surface area contributed by atoms with Crippen molar-refractivity contribution in [3.8, 4) is 0 Å². The van der Waals surface area contributed by atoms with Crippen LogP contribution in [-0.4, -0.2) is 25.3 Å². The second kappa shape index (κ2) is 4.60. The molecular weight excluding hydrogens is 234 g/mol. The lowest BCUT2D eigenvalue weighted by molar-refractivity contribution is -0.0193. The molecule has 1 N–H and O–H groups in total. The summed E-state index contributed by atoms with van der Waals surface area (Å²) in [7, 11) is 0. The Morgan fingerprint density at radius 3 is 2.88 bits per heavy atom. The fourth-order valence-electron chi connectivity index (χ4n) is 3.05. The van der Waals surface area contributed by atoms with E-state index in [2.05, 4.69) is 17.4 Å². The quantitative estimate of drug-likeness (QED) is 0.829. The lowest BCUT2D eigenvalue weighted by Gasteiger charge is -2.33. The van der Waals surface area contributed by atoms with Crippen molar-refractivity contribution in [1.29, 1.82) is 0 Å². The number of nitrogens with one attached hydrogen (secondary N) is 1. The summed E-state index contributed by atoms with van der Waals surface area (Å²) in [6.07, 6.45) is 3.43. The first kappa shape index (κ1) is 11.5. The molecule has 0 aromatic heterocycles. The van der Waals surface area contributed by atoms with Gasteiger partial charge in [0.2, 0.25) is 0 Å². The molecule has 2 fully saturated rings. The Hall–Kier alpha value is -0.570. The minimum absolute atomic E-state index is 0.137. The van der Waals surface area contributed by atoms with Crippen molar-refractivity contribution in [3.05, 3.63) is 34.9 Å². The van der Waals surface area contributed by atoms with Gasteiger partial charge in [-0.25, -0.2) is 0 Å². The molecular formula is C14H18ClNO. The number of hydrogen-bond donors (Lipinski definition) is 1. The minimum atomic E-state index is 0.137. The highest BCUT2D eigenvalue weighted by atomic mass is 35.5. The molecule has 0 aliphatic carbocycles. The zero-order valence-electron chi connectivity index (χ0n) is 9.92. The van der Waals surface area contributed by atoms with E-state index in [0.717, 1.165) is 44.0 Å². The molecule has 1 aromatic carbocycles. The molecule has 3 heteroatoms. The van der Waals surface area contributed by atoms with Gasteiger partial charge in [-0.2, -0.15) is 0 Å². The van der Waals surface area contributed by atoms with Gasteiger partial charge >= 0.3 is 0 Å². The molecule has 0 bridgehead atoms. The van der Waals surface area contributed by atoms with Crippen molar-refractivity contribution in [1.82, 2.24) is 5.32 Å². The average Bonchev–Trinajstić information content (AvgIpc) is 2.74. The van der Waals surface area contributed by atoms with E-state index in [1.54, 1.807) is 0 Å². The van der Waals surface area contributed by atoms with E-state index in [1.807, 2.05) is 12.1 Å². The molecule has 1 aromatic rings. The first-order chi connectivity index (χ1) is 8.27. The first-order valence-corrected chi connectivity index (χ1v) is 6.75. The second-order valence-electron chi connectivity index (χ2n) is 5.20. The van der Waals surface area contributed by atoms with Crippen LogP contribution in [0.4, 0.5) is 0 Å². The number of benzene rings is 1. The fraction of sp³-hybridized carbons (Fsp3) is 0.571. The molecule has 2 nitrogen and oxygen atoms in total. The predicted octanol–water partition coefficient (Wildman–Crippen LogP) is 2.97. The standard InChI is InChI=1S/C14H18ClNO/c15-13-3-1-2-11(8-13)12-9-14(17-10-12)4-6-16-7-5-14/h1-3,8,12,16H,4-7,9-10H2. The normalized spacial score (nSPS) is 27.5. The molecule has 2 heterocycles. The van der Waals surface area contributed by atoms with Crippen LogP contribution in [0.3, 0.4) is 0 Å². The van der Waals surface area contributed by atoms with Crippen LogP contribution in [0.1, 0.15) is 30.7 Å². The smallest absolute Gasteiger partial charge is 0.0713 e. The Morgan fingerprint density at radius 1 is 1.29 bits per heavy atom. The van der Waals surface area contributed by atoms with Crippen LogP contribution in [0.15, 0.2) is 24.3 Å². The number of hydrogen-bond acceptors (Lipinski definition) is 2. The van der Waals surface area contributed by atoms with Crippen LogP contribution < -0.4 is 5.32 Å². The molecule has 1 unspecified atom stereocenters. The van der Waals surface area contributed by atoms with E-state index in [9.17, 15) is 0 Å². The number of ether oxygens (including phenoxy) is 1. The van der Waals surface area contributed by atoms with Crippen molar-refractivity contribution in [2.45, 2.75) is 30.8 Å². The Morgan fingerprint density at radius 2 is 2.12 bits per heavy atom. The first-order valence-electron chi connectivity index (χ1n) is 6.38. The SMILES string of the molecule is Clc1cccc(C2COC3(CCNCC3)C2)c1. The summed E-state index contributed by atoms with van der Waals surface area (Å²) in [6, 6.07) is 8.21. The zero-order valence-corrected chi connectivity index (χ0v) is 10.7. The summed E-state index contributed by atoms with van der Waals surface area (Å²) in [5.41, 5.74) is 1.46. The highest BCUT2D eigenvalue weighted by molar-refractivity contribution is 6.30. The van der Waals surface area contributed by atoms with Crippen LogP contribution in [0.25, 0.3) is 0 Å². The molecule has 92 valence electrons. The van der Waals surface area contributed by atoms with E-state index < -0.39 is 0 Å². The Labute approximate surface area is 107 Å². The monoisotopic (exact) mass is 251 g/mol. The number of piperidine rings is 1. The number of rotatable bonds is 1. The highest BCUT2D eigenvalue weighted by Crippen LogP contribution is 2.41. The number of halogens is 1. The molecule has 2 aliphatic rings. The predicted molar refractivity (Wildman–Crippen MR) is 69.6 cm³/mol. The maximum Gasteiger partial charge on any atom is 0.0713 e. The lowest BCUT2D eigenvalue weighted by atomic mass is 9.84. The Kier molecular flexibility index (Phi) is 3.12. The maximum atomic E-state index is 6.11. The molecule has 1 atom stereocenters. The summed E-state index contributed by atoms with van der Waals surface area (Å²) < 4.78 is 6.11. The second-order valence-corrected chi connectivity index (χ2v) is 5.64. The van der Waals surface area contributed by atoms with Gasteiger partial charge in [0.05, 0.1) is 12.2 Å². The Bertz CT molecular complexity index is 401. The topological polar surface area (TPSA) is 21.3 Å². The summed E-state index contributed by atoms with van der Waals surface area (Å²) in [5.74, 6) is 0.520. The van der Waals surface area contributed by atoms with Crippen molar-refractivity contribution < 1.29 is 4.74 Å². The zero-order chi connectivity index (χ0) is 11.7. The third kappa shape index (κ3) is 2.35. The highest BCUT2D eigenvalue weighted by Gasteiger charge is 2.41. The third-order valence-electron chi connectivity index (χ3n) is 4.04. The molecule has 0 saturated carbocycles. The van der Waals surface area contributed by atoms with Gasteiger partial charge in [0.25, 0.3) is 0 Å². The minimum Gasteiger partial charge on any atom is -0.374 e. The van der Waals surface area contributed by atoms with Crippen molar-refractivity contribution >= 4 is 11.6 Å². The molecule has 3 rings (SSSR count). The van der Waals surface area contributed by atoms with Crippen LogP contribution in [-0.2, 0) is 4.74 Å².